The summed E-state index contributed by atoms with van der Waals surface area (Å²) in [6, 6.07) is 0. The second kappa shape index (κ2) is 12.5. The van der Waals surface area contributed by atoms with Gasteiger partial charge in [-0.05, 0) is 35.3 Å². The second-order valence-corrected chi connectivity index (χ2v) is 9.30. The molecule has 1 aliphatic carbocycles. The number of carboxylic acids is 1. The molecule has 0 amide bonds. The van der Waals surface area contributed by atoms with E-state index in [1.165, 1.54) is 0 Å². The lowest BCUT2D eigenvalue weighted by Gasteiger charge is -2.22. The highest BCUT2D eigenvalue weighted by Gasteiger charge is 2.19. The second-order valence-electron chi connectivity index (χ2n) is 7.42. The van der Waals surface area contributed by atoms with Gasteiger partial charge in [-0.3, -0.25) is 4.79 Å². The number of carbonyl (C=O) groups is 1. The average Bonchev–Trinajstić information content (AvgIpc) is 2.62. The quantitative estimate of drug-likeness (QED) is 0.292. The summed E-state index contributed by atoms with van der Waals surface area (Å²) in [5.74, 6) is -0.279. The van der Waals surface area contributed by atoms with Gasteiger partial charge in [0.25, 0.3) is 0 Å². The molecule has 29 heavy (non-hydrogen) atoms. The molecule has 1 aliphatic rings. The molecule has 1 N–H and O–H groups in total. The molecular weight excluding hydrogens is 387 g/mol. The lowest BCUT2D eigenvalue weighted by atomic mass is 9.90. The van der Waals surface area contributed by atoms with Crippen molar-refractivity contribution >= 4 is 17.7 Å². The third-order valence-corrected chi connectivity index (χ3v) is 5.84. The van der Waals surface area contributed by atoms with Crippen molar-refractivity contribution in [1.82, 2.24) is 0 Å². The van der Waals surface area contributed by atoms with E-state index < -0.39 is 12.1 Å². The van der Waals surface area contributed by atoms with Gasteiger partial charge in [0, 0.05) is 22.8 Å². The molecule has 3 nitrogen and oxygen atoms in total. The molecule has 0 radical (unpaired) electrons. The van der Waals surface area contributed by atoms with Gasteiger partial charge in [-0.25, -0.2) is 4.39 Å². The van der Waals surface area contributed by atoms with Crippen molar-refractivity contribution in [3.63, 3.8) is 0 Å². The van der Waals surface area contributed by atoms with Crippen molar-refractivity contribution in [2.45, 2.75) is 56.7 Å². The van der Waals surface area contributed by atoms with Crippen LogP contribution in [0.5, 0.6) is 0 Å². The third-order valence-electron chi connectivity index (χ3n) is 4.58. The molecule has 1 rings (SSSR count). The van der Waals surface area contributed by atoms with Gasteiger partial charge in [0.05, 0.1) is 19.3 Å². The summed E-state index contributed by atoms with van der Waals surface area (Å²) in [6.07, 6.45) is 11.4. The summed E-state index contributed by atoms with van der Waals surface area (Å²) >= 11 is 1.82. The van der Waals surface area contributed by atoms with Crippen LogP contribution in [-0.4, -0.2) is 34.9 Å². The van der Waals surface area contributed by atoms with Gasteiger partial charge in [0.1, 0.15) is 6.17 Å². The summed E-state index contributed by atoms with van der Waals surface area (Å²) in [4.78, 5) is 10.8. The molecule has 0 aliphatic heterocycles. The highest BCUT2D eigenvalue weighted by Crippen LogP contribution is 2.32. The number of hydrogen-bond donors (Lipinski definition) is 1. The smallest absolute Gasteiger partial charge is 0.307 e. The molecule has 4 atom stereocenters. The molecule has 0 saturated heterocycles. The summed E-state index contributed by atoms with van der Waals surface area (Å²) < 4.78 is 19.5. The largest absolute Gasteiger partial charge is 0.501 e. The van der Waals surface area contributed by atoms with E-state index in [0.29, 0.717) is 17.2 Å². The maximum Gasteiger partial charge on any atom is 0.307 e. The highest BCUT2D eigenvalue weighted by atomic mass is 32.2. The highest BCUT2D eigenvalue weighted by molar-refractivity contribution is 8.00. The molecule has 0 spiro atoms. The summed E-state index contributed by atoms with van der Waals surface area (Å²) in [5.41, 5.74) is 2.52. The van der Waals surface area contributed by atoms with Crippen LogP contribution in [0.4, 0.5) is 4.39 Å². The van der Waals surface area contributed by atoms with Crippen LogP contribution in [0.2, 0.25) is 0 Å². The first-order valence-electron chi connectivity index (χ1n) is 9.81. The topological polar surface area (TPSA) is 46.5 Å². The fraction of sp³-hybridized carbons (Fsp3) is 0.458. The minimum atomic E-state index is -0.960. The predicted molar refractivity (Wildman–Crippen MR) is 122 cm³/mol. The van der Waals surface area contributed by atoms with Crippen molar-refractivity contribution in [3.05, 3.63) is 72.1 Å². The van der Waals surface area contributed by atoms with Gasteiger partial charge >= 0.3 is 5.97 Å². The van der Waals surface area contributed by atoms with Gasteiger partial charge < -0.3 is 9.84 Å². The van der Waals surface area contributed by atoms with E-state index in [4.69, 9.17) is 9.84 Å². The van der Waals surface area contributed by atoms with Crippen LogP contribution in [0, 0.1) is 5.92 Å². The Morgan fingerprint density at radius 1 is 1.38 bits per heavy atom. The van der Waals surface area contributed by atoms with Gasteiger partial charge in [-0.1, -0.05) is 58.2 Å². The molecule has 0 fully saturated rings. The maximum atomic E-state index is 14.1. The number of methoxy groups -OCH3 is 1. The molecule has 0 aromatic heterocycles. The Bertz CT molecular complexity index is 718. The number of hydrogen-bond acceptors (Lipinski definition) is 3. The number of aliphatic carboxylic acids is 1. The first kappa shape index (κ1) is 25.0. The molecule has 0 aromatic rings. The number of rotatable bonds is 12. The fourth-order valence-corrected chi connectivity index (χ4v) is 4.47. The maximum absolute atomic E-state index is 14.1. The van der Waals surface area contributed by atoms with Crippen LogP contribution < -0.4 is 0 Å². The third kappa shape index (κ3) is 9.35. The normalized spacial score (nSPS) is 21.9. The molecular formula is C24H33FO3S. The van der Waals surface area contributed by atoms with Crippen LogP contribution >= 0.6 is 11.8 Å². The van der Waals surface area contributed by atoms with E-state index in [9.17, 15) is 9.18 Å². The number of allylic oxidation sites excluding steroid dienone is 9. The van der Waals surface area contributed by atoms with E-state index >= 15 is 0 Å². The Hall–Kier alpha value is -2.01. The molecule has 3 unspecified atom stereocenters. The lowest BCUT2D eigenvalue weighted by molar-refractivity contribution is -0.136. The first-order chi connectivity index (χ1) is 13.7. The summed E-state index contributed by atoms with van der Waals surface area (Å²) in [7, 11) is 1.59. The molecule has 5 heteroatoms. The zero-order chi connectivity index (χ0) is 22.0. The van der Waals surface area contributed by atoms with Crippen LogP contribution in [0.1, 0.15) is 40.0 Å². The van der Waals surface area contributed by atoms with E-state index in [1.807, 2.05) is 36.9 Å². The molecule has 0 saturated carbocycles. The zero-order valence-electron chi connectivity index (χ0n) is 17.9. The Labute approximate surface area is 178 Å². The van der Waals surface area contributed by atoms with Gasteiger partial charge in [-0.15, -0.1) is 0 Å². The Kier molecular flexibility index (Phi) is 10.8. The van der Waals surface area contributed by atoms with E-state index in [2.05, 4.69) is 27.0 Å². The first-order valence-corrected chi connectivity index (χ1v) is 10.8. The summed E-state index contributed by atoms with van der Waals surface area (Å²) in [5, 5.41) is 9.43. The predicted octanol–water partition coefficient (Wildman–Crippen LogP) is 6.42. The van der Waals surface area contributed by atoms with E-state index in [0.717, 1.165) is 23.3 Å². The molecule has 0 heterocycles. The molecule has 160 valence electrons. The number of ether oxygens (including phenoxy) is 1. The van der Waals surface area contributed by atoms with Crippen molar-refractivity contribution in [2.75, 3.05) is 7.11 Å². The minimum Gasteiger partial charge on any atom is -0.501 e. The Balaban J connectivity index is 2.71. The standard InChI is InChI=1S/C24H33FO3S/c1-7-8-20(21-10-9-17(3)23(25)15-21)13-18(4)29-19(5)14-22(28-6)11-16(2)12-24(26)27/h7-11,15,17-19,23H,1-2,12-14H2,3-6H3,(H,26,27)/b20-8+,22-11+/t17?,18?,19-,23?/m1/s1. The number of alkyl halides is 1. The van der Waals surface area contributed by atoms with Crippen LogP contribution in [0.3, 0.4) is 0 Å². The average molecular weight is 421 g/mol. The monoisotopic (exact) mass is 420 g/mol. The van der Waals surface area contributed by atoms with Crippen molar-refractivity contribution in [1.29, 1.82) is 0 Å². The number of halogens is 1. The van der Waals surface area contributed by atoms with Crippen molar-refractivity contribution < 1.29 is 19.0 Å². The van der Waals surface area contributed by atoms with Gasteiger partial charge in [0.2, 0.25) is 0 Å². The van der Waals surface area contributed by atoms with E-state index in [1.54, 1.807) is 25.3 Å². The molecule has 0 bridgehead atoms. The minimum absolute atomic E-state index is 0.0920. The Morgan fingerprint density at radius 3 is 2.59 bits per heavy atom. The van der Waals surface area contributed by atoms with Crippen LogP contribution in [0.25, 0.3) is 0 Å². The Morgan fingerprint density at radius 2 is 2.03 bits per heavy atom. The van der Waals surface area contributed by atoms with Gasteiger partial charge in [0.15, 0.2) is 0 Å². The zero-order valence-corrected chi connectivity index (χ0v) is 18.7. The molecule has 0 aromatic carbocycles. The van der Waals surface area contributed by atoms with Gasteiger partial charge in [-0.2, -0.15) is 11.8 Å². The number of carboxylic acid groups (broad SMARTS) is 1. The number of thioether (sulfide) groups is 1. The SMILES string of the molecule is C=C/C=C(\CC(C)S[C@H](C)C/C(=C\C(=C)CC(=O)O)OC)C1=CC(F)C(C)C=C1. The van der Waals surface area contributed by atoms with E-state index in [-0.39, 0.29) is 17.6 Å². The fourth-order valence-electron chi connectivity index (χ4n) is 3.14. The summed E-state index contributed by atoms with van der Waals surface area (Å²) in [6.45, 7) is 13.7. The van der Waals surface area contributed by atoms with Crippen LogP contribution in [0.15, 0.2) is 72.1 Å². The lowest BCUT2D eigenvalue weighted by Crippen LogP contribution is -2.13. The van der Waals surface area contributed by atoms with Crippen molar-refractivity contribution in [3.8, 4) is 0 Å². The van der Waals surface area contributed by atoms with Crippen LogP contribution in [-0.2, 0) is 9.53 Å². The van der Waals surface area contributed by atoms with Crippen molar-refractivity contribution in [2.24, 2.45) is 5.92 Å².